The molecule has 2 heterocycles. The minimum atomic E-state index is -0.397. The first kappa shape index (κ1) is 23.6. The average Bonchev–Trinajstić information content (AvgIpc) is 3.41. The third kappa shape index (κ3) is 5.00. The smallest absolute Gasteiger partial charge is 0.318 e. The summed E-state index contributed by atoms with van der Waals surface area (Å²) in [6.07, 6.45) is 0.561. The number of aryl methyl sites for hydroxylation is 2. The van der Waals surface area contributed by atoms with Crippen molar-refractivity contribution in [2.45, 2.75) is 52.6 Å². The second kappa shape index (κ2) is 9.00. The van der Waals surface area contributed by atoms with Gasteiger partial charge in [-0.05, 0) is 75.1 Å². The normalized spacial score (nSPS) is 16.9. The average molecular weight is 465 g/mol. The number of benzene rings is 2. The highest BCUT2D eigenvalue weighted by Crippen LogP contribution is 2.39. The molecule has 0 radical (unpaired) electrons. The van der Waals surface area contributed by atoms with Crippen molar-refractivity contribution >= 4 is 17.6 Å². The molecule has 3 amide bonds. The van der Waals surface area contributed by atoms with Crippen molar-refractivity contribution in [3.8, 4) is 11.5 Å². The molecule has 0 fully saturated rings. The second-order valence-corrected chi connectivity index (χ2v) is 9.95. The summed E-state index contributed by atoms with van der Waals surface area (Å²) < 4.78 is 11.0. The number of urea groups is 1. The highest BCUT2D eigenvalue weighted by Gasteiger charge is 2.35. The van der Waals surface area contributed by atoms with Crippen LogP contribution in [-0.4, -0.2) is 53.5 Å². The zero-order chi connectivity index (χ0) is 24.6. The summed E-state index contributed by atoms with van der Waals surface area (Å²) in [6.45, 7) is 9.93. The Bertz CT molecular complexity index is 1150. The molecule has 4 rings (SSSR count). The van der Waals surface area contributed by atoms with Gasteiger partial charge >= 0.3 is 6.03 Å². The van der Waals surface area contributed by atoms with Crippen molar-refractivity contribution in [3.05, 3.63) is 58.7 Å². The predicted molar refractivity (Wildman–Crippen MR) is 130 cm³/mol. The first-order valence-corrected chi connectivity index (χ1v) is 11.4. The molecule has 0 saturated carbocycles. The van der Waals surface area contributed by atoms with Crippen LogP contribution in [0.15, 0.2) is 41.5 Å². The number of nitrogens with one attached hydrogen (secondary N) is 1. The van der Waals surface area contributed by atoms with Gasteiger partial charge < -0.3 is 19.7 Å². The van der Waals surface area contributed by atoms with Crippen molar-refractivity contribution in [2.24, 2.45) is 5.10 Å². The summed E-state index contributed by atoms with van der Waals surface area (Å²) in [5.41, 5.74) is 4.70. The topological polar surface area (TPSA) is 83.5 Å². The van der Waals surface area contributed by atoms with E-state index in [1.165, 1.54) is 21.0 Å². The van der Waals surface area contributed by atoms with Crippen LogP contribution in [0, 0.1) is 13.8 Å². The van der Waals surface area contributed by atoms with Crippen LogP contribution in [0.5, 0.6) is 11.5 Å². The summed E-state index contributed by atoms with van der Waals surface area (Å²) in [5.74, 6) is 1.09. The van der Waals surface area contributed by atoms with Crippen LogP contribution >= 0.6 is 0 Å². The van der Waals surface area contributed by atoms with E-state index in [0.717, 1.165) is 16.8 Å². The molecule has 180 valence electrons. The molecule has 1 atom stereocenters. The first-order valence-electron chi connectivity index (χ1n) is 11.4. The summed E-state index contributed by atoms with van der Waals surface area (Å²) in [5, 5.41) is 9.12. The lowest BCUT2D eigenvalue weighted by atomic mass is 9.96. The predicted octanol–water partition coefficient (Wildman–Crippen LogP) is 4.15. The van der Waals surface area contributed by atoms with E-state index in [0.29, 0.717) is 17.9 Å². The zero-order valence-electron chi connectivity index (χ0n) is 20.6. The SMILES string of the molecule is Cc1ccc(C2=NN(C(=O)CN(C)C(=O)NC(C)(C)C)[C@H](c3ccc4c(c3)OCO4)C2)cc1C. The van der Waals surface area contributed by atoms with Gasteiger partial charge in [-0.25, -0.2) is 9.80 Å². The van der Waals surface area contributed by atoms with Crippen LogP contribution in [0.1, 0.15) is 55.5 Å². The van der Waals surface area contributed by atoms with E-state index in [-0.39, 0.29) is 31.3 Å². The molecular formula is C26H32N4O4. The van der Waals surface area contributed by atoms with Gasteiger partial charge in [-0.3, -0.25) is 4.79 Å². The molecule has 1 N–H and O–H groups in total. The Kier molecular flexibility index (Phi) is 6.25. The van der Waals surface area contributed by atoms with Crippen molar-refractivity contribution in [1.29, 1.82) is 0 Å². The van der Waals surface area contributed by atoms with E-state index < -0.39 is 5.54 Å². The molecule has 2 aliphatic rings. The maximum absolute atomic E-state index is 13.4. The number of hydrogen-bond donors (Lipinski definition) is 1. The van der Waals surface area contributed by atoms with Gasteiger partial charge in [0.25, 0.3) is 5.91 Å². The van der Waals surface area contributed by atoms with Crippen molar-refractivity contribution in [2.75, 3.05) is 20.4 Å². The monoisotopic (exact) mass is 464 g/mol. The van der Waals surface area contributed by atoms with Gasteiger partial charge in [-0.1, -0.05) is 18.2 Å². The fraction of sp³-hybridized carbons (Fsp3) is 0.423. The van der Waals surface area contributed by atoms with Crippen LogP contribution in [0.25, 0.3) is 0 Å². The van der Waals surface area contributed by atoms with E-state index in [1.54, 1.807) is 7.05 Å². The molecule has 2 aromatic rings. The standard InChI is InChI=1S/C26H32N4O4/c1-16-7-8-18(11-17(16)2)20-13-21(19-9-10-22-23(12-19)34-15-33-22)30(28-20)24(31)14-29(6)25(32)27-26(3,4)5/h7-12,21H,13-15H2,1-6H3,(H,27,32)/t21-/m0/s1. The summed E-state index contributed by atoms with van der Waals surface area (Å²) in [6, 6.07) is 11.3. The van der Waals surface area contributed by atoms with Gasteiger partial charge in [0, 0.05) is 19.0 Å². The van der Waals surface area contributed by atoms with E-state index >= 15 is 0 Å². The number of rotatable bonds is 4. The lowest BCUT2D eigenvalue weighted by Gasteiger charge is -2.28. The summed E-state index contributed by atoms with van der Waals surface area (Å²) in [7, 11) is 1.61. The number of ether oxygens (including phenoxy) is 2. The Morgan fingerprint density at radius 2 is 1.82 bits per heavy atom. The molecule has 8 heteroatoms. The van der Waals surface area contributed by atoms with Crippen molar-refractivity contribution < 1.29 is 19.1 Å². The molecule has 0 aliphatic carbocycles. The van der Waals surface area contributed by atoms with E-state index in [2.05, 4.69) is 31.3 Å². The number of hydrazone groups is 1. The van der Waals surface area contributed by atoms with E-state index in [9.17, 15) is 9.59 Å². The largest absolute Gasteiger partial charge is 0.454 e. The Morgan fingerprint density at radius 3 is 2.53 bits per heavy atom. The highest BCUT2D eigenvalue weighted by molar-refractivity contribution is 6.03. The first-order chi connectivity index (χ1) is 16.0. The fourth-order valence-corrected chi connectivity index (χ4v) is 3.98. The molecule has 2 aromatic carbocycles. The van der Waals surface area contributed by atoms with Crippen LogP contribution in [0.4, 0.5) is 4.79 Å². The van der Waals surface area contributed by atoms with Gasteiger partial charge in [-0.2, -0.15) is 5.10 Å². The molecule has 34 heavy (non-hydrogen) atoms. The molecule has 0 aromatic heterocycles. The molecule has 0 unspecified atom stereocenters. The summed E-state index contributed by atoms with van der Waals surface area (Å²) in [4.78, 5) is 27.3. The fourth-order valence-electron chi connectivity index (χ4n) is 3.98. The summed E-state index contributed by atoms with van der Waals surface area (Å²) >= 11 is 0. The van der Waals surface area contributed by atoms with Crippen LogP contribution in [-0.2, 0) is 4.79 Å². The minimum Gasteiger partial charge on any atom is -0.454 e. The Balaban J connectivity index is 1.61. The molecule has 0 spiro atoms. The van der Waals surface area contributed by atoms with Gasteiger partial charge in [0.1, 0.15) is 6.54 Å². The lowest BCUT2D eigenvalue weighted by Crippen LogP contribution is -2.49. The van der Waals surface area contributed by atoms with Crippen LogP contribution in [0.3, 0.4) is 0 Å². The van der Waals surface area contributed by atoms with Crippen LogP contribution in [0.2, 0.25) is 0 Å². The Hall–Kier alpha value is -3.55. The highest BCUT2D eigenvalue weighted by atomic mass is 16.7. The molecule has 0 bridgehead atoms. The third-order valence-electron chi connectivity index (χ3n) is 5.99. The number of carbonyl (C=O) groups is 2. The van der Waals surface area contributed by atoms with Crippen molar-refractivity contribution in [3.63, 3.8) is 0 Å². The lowest BCUT2D eigenvalue weighted by molar-refractivity contribution is -0.133. The molecule has 0 saturated heterocycles. The van der Waals surface area contributed by atoms with Crippen LogP contribution < -0.4 is 14.8 Å². The van der Waals surface area contributed by atoms with Gasteiger partial charge in [0.15, 0.2) is 11.5 Å². The molecule has 2 aliphatic heterocycles. The van der Waals surface area contributed by atoms with E-state index in [1.807, 2.05) is 45.0 Å². The quantitative estimate of drug-likeness (QED) is 0.737. The van der Waals surface area contributed by atoms with Crippen molar-refractivity contribution in [1.82, 2.24) is 15.2 Å². The Morgan fingerprint density at radius 1 is 1.09 bits per heavy atom. The van der Waals surface area contributed by atoms with Gasteiger partial charge in [0.05, 0.1) is 11.8 Å². The van der Waals surface area contributed by atoms with Gasteiger partial charge in [0.2, 0.25) is 6.79 Å². The number of amides is 3. The van der Waals surface area contributed by atoms with Gasteiger partial charge in [-0.15, -0.1) is 0 Å². The maximum atomic E-state index is 13.4. The number of likely N-dealkylation sites (N-methyl/N-ethyl adjacent to an activating group) is 1. The zero-order valence-corrected chi connectivity index (χ0v) is 20.6. The minimum absolute atomic E-state index is 0.0906. The molecular weight excluding hydrogens is 432 g/mol. The third-order valence-corrected chi connectivity index (χ3v) is 5.99. The molecule has 8 nitrogen and oxygen atoms in total. The number of nitrogens with zero attached hydrogens (tertiary/aromatic N) is 3. The number of fused-ring (bicyclic) bond motifs is 1. The maximum Gasteiger partial charge on any atom is 0.318 e. The number of carbonyl (C=O) groups excluding carboxylic acids is 2. The van der Waals surface area contributed by atoms with E-state index in [4.69, 9.17) is 14.6 Å². The number of hydrogen-bond acceptors (Lipinski definition) is 5. The Labute approximate surface area is 200 Å². The second-order valence-electron chi connectivity index (χ2n) is 9.95.